The van der Waals surface area contributed by atoms with E-state index in [-0.39, 0.29) is 6.04 Å². The highest BCUT2D eigenvalue weighted by molar-refractivity contribution is 6.30. The van der Waals surface area contributed by atoms with Gasteiger partial charge in [0, 0.05) is 36.9 Å². The van der Waals surface area contributed by atoms with Gasteiger partial charge in [0.25, 0.3) is 0 Å². The molecule has 0 amide bonds. The van der Waals surface area contributed by atoms with Crippen molar-refractivity contribution in [2.45, 2.75) is 6.04 Å². The molecule has 1 saturated heterocycles. The minimum Gasteiger partial charge on any atom is -0.313 e. The van der Waals surface area contributed by atoms with Crippen LogP contribution >= 0.6 is 11.6 Å². The molecule has 0 saturated carbocycles. The molecule has 90 valence electrons. The van der Waals surface area contributed by atoms with Gasteiger partial charge < -0.3 is 5.32 Å². The number of pyridine rings is 1. The fourth-order valence-corrected chi connectivity index (χ4v) is 2.26. The smallest absolute Gasteiger partial charge is 0.170 e. The summed E-state index contributed by atoms with van der Waals surface area (Å²) in [7, 11) is 2.10. The minimum atomic E-state index is 0.238. The lowest BCUT2D eigenvalue weighted by molar-refractivity contribution is 0.194. The maximum Gasteiger partial charge on any atom is 0.170 e. The highest BCUT2D eigenvalue weighted by Crippen LogP contribution is 2.19. The van der Waals surface area contributed by atoms with Gasteiger partial charge in [0.1, 0.15) is 0 Å². The molecule has 0 aliphatic carbocycles. The van der Waals surface area contributed by atoms with E-state index in [0.29, 0.717) is 5.02 Å². The summed E-state index contributed by atoms with van der Waals surface area (Å²) in [6, 6.07) is 3.88. The Hall–Kier alpha value is -1.17. The first-order valence-electron chi connectivity index (χ1n) is 5.67. The first-order chi connectivity index (χ1) is 8.24. The van der Waals surface area contributed by atoms with Gasteiger partial charge in [0.15, 0.2) is 11.5 Å². The maximum atomic E-state index is 5.94. The summed E-state index contributed by atoms with van der Waals surface area (Å²) in [5.74, 6) is 0.849. The van der Waals surface area contributed by atoms with Gasteiger partial charge in [-0.3, -0.25) is 4.90 Å². The Morgan fingerprint density at radius 2 is 2.41 bits per heavy atom. The van der Waals surface area contributed by atoms with E-state index in [1.165, 1.54) is 0 Å². The molecule has 0 aromatic carbocycles. The van der Waals surface area contributed by atoms with E-state index in [1.807, 2.05) is 18.3 Å². The van der Waals surface area contributed by atoms with Crippen LogP contribution in [0.15, 0.2) is 18.3 Å². The van der Waals surface area contributed by atoms with Crippen molar-refractivity contribution in [3.63, 3.8) is 0 Å². The van der Waals surface area contributed by atoms with E-state index in [9.17, 15) is 0 Å². The Morgan fingerprint density at radius 1 is 1.53 bits per heavy atom. The van der Waals surface area contributed by atoms with E-state index in [4.69, 9.17) is 11.6 Å². The van der Waals surface area contributed by atoms with Crippen LogP contribution < -0.4 is 5.32 Å². The Balaban J connectivity index is 1.99. The van der Waals surface area contributed by atoms with Crippen LogP contribution in [0.3, 0.4) is 0 Å². The molecule has 2 aromatic rings. The van der Waals surface area contributed by atoms with Gasteiger partial charge in [0.2, 0.25) is 0 Å². The zero-order chi connectivity index (χ0) is 11.8. The molecule has 0 radical (unpaired) electrons. The average Bonchev–Trinajstić information content (AvgIpc) is 2.72. The van der Waals surface area contributed by atoms with Gasteiger partial charge in [0.05, 0.1) is 6.04 Å². The van der Waals surface area contributed by atoms with Crippen LogP contribution in [0.1, 0.15) is 11.9 Å². The fourth-order valence-electron chi connectivity index (χ4n) is 2.11. The third-order valence-electron chi connectivity index (χ3n) is 3.13. The van der Waals surface area contributed by atoms with Crippen molar-refractivity contribution in [1.29, 1.82) is 0 Å². The molecule has 2 aromatic heterocycles. The zero-order valence-corrected chi connectivity index (χ0v) is 10.4. The van der Waals surface area contributed by atoms with E-state index >= 15 is 0 Å². The van der Waals surface area contributed by atoms with Crippen LogP contribution in [0, 0.1) is 0 Å². The number of hydrogen-bond acceptors (Lipinski definition) is 4. The summed E-state index contributed by atoms with van der Waals surface area (Å²) in [6.45, 7) is 2.92. The molecule has 5 nitrogen and oxygen atoms in total. The van der Waals surface area contributed by atoms with Crippen molar-refractivity contribution in [3.05, 3.63) is 29.2 Å². The lowest BCUT2D eigenvalue weighted by Gasteiger charge is -2.30. The molecule has 1 N–H and O–H groups in total. The SMILES string of the molecule is CN1CCNCC1c1nc2cc(Cl)ccn2n1. The molecular formula is C11H14ClN5. The minimum absolute atomic E-state index is 0.238. The van der Waals surface area contributed by atoms with E-state index in [2.05, 4.69) is 27.3 Å². The molecule has 17 heavy (non-hydrogen) atoms. The second-order valence-electron chi connectivity index (χ2n) is 4.32. The molecule has 3 rings (SSSR count). The second kappa shape index (κ2) is 4.25. The van der Waals surface area contributed by atoms with E-state index in [1.54, 1.807) is 4.52 Å². The number of halogens is 1. The van der Waals surface area contributed by atoms with Crippen molar-refractivity contribution in [1.82, 2.24) is 24.8 Å². The number of nitrogens with zero attached hydrogens (tertiary/aromatic N) is 4. The summed E-state index contributed by atoms with van der Waals surface area (Å²) >= 11 is 5.94. The molecule has 1 aliphatic heterocycles. The molecule has 1 aliphatic rings. The van der Waals surface area contributed by atoms with Crippen molar-refractivity contribution in [2.75, 3.05) is 26.7 Å². The van der Waals surface area contributed by atoms with Crippen molar-refractivity contribution >= 4 is 17.2 Å². The van der Waals surface area contributed by atoms with Crippen LogP contribution in [0.5, 0.6) is 0 Å². The van der Waals surface area contributed by atoms with Crippen LogP contribution in [-0.2, 0) is 0 Å². The Labute approximate surface area is 104 Å². The number of aromatic nitrogens is 3. The number of nitrogens with one attached hydrogen (secondary N) is 1. The largest absolute Gasteiger partial charge is 0.313 e. The zero-order valence-electron chi connectivity index (χ0n) is 9.60. The average molecular weight is 252 g/mol. The van der Waals surface area contributed by atoms with Gasteiger partial charge in [-0.25, -0.2) is 9.50 Å². The van der Waals surface area contributed by atoms with Gasteiger partial charge >= 0.3 is 0 Å². The van der Waals surface area contributed by atoms with Crippen molar-refractivity contribution in [2.24, 2.45) is 0 Å². The third kappa shape index (κ3) is 2.01. The molecule has 1 fully saturated rings. The number of hydrogen-bond donors (Lipinski definition) is 1. The second-order valence-corrected chi connectivity index (χ2v) is 4.75. The Morgan fingerprint density at radius 3 is 3.24 bits per heavy atom. The van der Waals surface area contributed by atoms with Crippen LogP contribution in [0.25, 0.3) is 5.65 Å². The predicted molar refractivity (Wildman–Crippen MR) is 66.2 cm³/mol. The lowest BCUT2D eigenvalue weighted by atomic mass is 10.2. The van der Waals surface area contributed by atoms with Crippen LogP contribution in [0.2, 0.25) is 5.02 Å². The highest BCUT2D eigenvalue weighted by atomic mass is 35.5. The van der Waals surface area contributed by atoms with Crippen LogP contribution in [-0.4, -0.2) is 46.2 Å². The Kier molecular flexibility index (Phi) is 2.74. The maximum absolute atomic E-state index is 5.94. The molecule has 6 heteroatoms. The van der Waals surface area contributed by atoms with Gasteiger partial charge in [-0.05, 0) is 13.1 Å². The van der Waals surface area contributed by atoms with E-state index < -0.39 is 0 Å². The van der Waals surface area contributed by atoms with Gasteiger partial charge in [-0.2, -0.15) is 0 Å². The molecule has 0 bridgehead atoms. The Bertz CT molecular complexity index is 538. The monoisotopic (exact) mass is 251 g/mol. The number of fused-ring (bicyclic) bond motifs is 1. The number of likely N-dealkylation sites (N-methyl/N-ethyl adjacent to an activating group) is 1. The molecule has 1 unspecified atom stereocenters. The van der Waals surface area contributed by atoms with Crippen molar-refractivity contribution < 1.29 is 0 Å². The first-order valence-corrected chi connectivity index (χ1v) is 6.04. The van der Waals surface area contributed by atoms with E-state index in [0.717, 1.165) is 31.1 Å². The molecular weight excluding hydrogens is 238 g/mol. The van der Waals surface area contributed by atoms with Crippen LogP contribution in [0.4, 0.5) is 0 Å². The standard InChI is InChI=1S/C11H14ClN5/c1-16-5-3-13-7-9(16)11-14-10-6-8(12)2-4-17(10)15-11/h2,4,6,9,13H,3,5,7H2,1H3. The number of rotatable bonds is 1. The fraction of sp³-hybridized carbons (Fsp3) is 0.455. The summed E-state index contributed by atoms with van der Waals surface area (Å²) in [4.78, 5) is 6.80. The summed E-state index contributed by atoms with van der Waals surface area (Å²) < 4.78 is 1.77. The summed E-state index contributed by atoms with van der Waals surface area (Å²) in [5, 5.41) is 8.54. The normalized spacial score (nSPS) is 22.1. The number of piperazine rings is 1. The molecule has 3 heterocycles. The molecule has 1 atom stereocenters. The van der Waals surface area contributed by atoms with Gasteiger partial charge in [-0.15, -0.1) is 5.10 Å². The summed E-state index contributed by atoms with van der Waals surface area (Å²) in [5.41, 5.74) is 0.798. The first kappa shape index (κ1) is 11.0. The lowest BCUT2D eigenvalue weighted by Crippen LogP contribution is -2.44. The van der Waals surface area contributed by atoms with Gasteiger partial charge in [-0.1, -0.05) is 11.6 Å². The van der Waals surface area contributed by atoms with Crippen molar-refractivity contribution in [3.8, 4) is 0 Å². The third-order valence-corrected chi connectivity index (χ3v) is 3.36. The topological polar surface area (TPSA) is 45.5 Å². The summed E-state index contributed by atoms with van der Waals surface area (Å²) in [6.07, 6.45) is 1.84. The quantitative estimate of drug-likeness (QED) is 0.820. The molecule has 0 spiro atoms. The predicted octanol–water partition coefficient (Wildman–Crippen LogP) is 0.959. The highest BCUT2D eigenvalue weighted by Gasteiger charge is 2.24.